The zero-order valence-corrected chi connectivity index (χ0v) is 14.1. The highest BCUT2D eigenvalue weighted by Crippen LogP contribution is 2.30. The molecule has 1 aromatic heterocycles. The Morgan fingerprint density at radius 2 is 2.27 bits per heavy atom. The van der Waals surface area contributed by atoms with E-state index in [1.54, 1.807) is 18.0 Å². The first-order chi connectivity index (χ1) is 10.6. The Bertz CT molecular complexity index is 678. The molecule has 6 heteroatoms. The van der Waals surface area contributed by atoms with Crippen LogP contribution in [0.5, 0.6) is 0 Å². The van der Waals surface area contributed by atoms with Gasteiger partial charge in [-0.15, -0.1) is 11.8 Å². The minimum absolute atomic E-state index is 0.0151. The summed E-state index contributed by atoms with van der Waals surface area (Å²) < 4.78 is 13.6. The second kappa shape index (κ2) is 6.38. The third-order valence-electron chi connectivity index (χ3n) is 3.84. The van der Waals surface area contributed by atoms with Crippen molar-refractivity contribution in [1.82, 2.24) is 4.98 Å². The predicted molar refractivity (Wildman–Crippen MR) is 90.0 cm³/mol. The lowest BCUT2D eigenvalue weighted by atomic mass is 10.1. The molecule has 3 nitrogen and oxygen atoms in total. The van der Waals surface area contributed by atoms with Crippen LogP contribution < -0.4 is 4.90 Å². The molecule has 0 bridgehead atoms. The number of ketones is 1. The molecule has 0 aliphatic carbocycles. The average molecular weight is 336 g/mol. The third-order valence-corrected chi connectivity index (χ3v) is 5.62. The molecule has 1 aliphatic heterocycles. The third kappa shape index (κ3) is 3.03. The highest BCUT2D eigenvalue weighted by atomic mass is 32.2. The van der Waals surface area contributed by atoms with E-state index in [2.05, 4.69) is 4.98 Å². The zero-order chi connectivity index (χ0) is 15.7. The van der Waals surface area contributed by atoms with E-state index < -0.39 is 6.17 Å². The van der Waals surface area contributed by atoms with Crippen LogP contribution in [-0.4, -0.2) is 36.3 Å². The summed E-state index contributed by atoms with van der Waals surface area (Å²) in [5, 5.41) is 0.733. The van der Waals surface area contributed by atoms with Gasteiger partial charge in [0.1, 0.15) is 6.17 Å². The number of thioether (sulfide) groups is 1. The maximum absolute atomic E-state index is 13.6. The average Bonchev–Trinajstić information content (AvgIpc) is 3.14. The van der Waals surface area contributed by atoms with Crippen molar-refractivity contribution < 1.29 is 9.18 Å². The molecule has 0 radical (unpaired) electrons. The molecule has 2 unspecified atom stereocenters. The molecule has 2 aromatic rings. The summed E-state index contributed by atoms with van der Waals surface area (Å²) in [5.41, 5.74) is 0.667. The Morgan fingerprint density at radius 3 is 2.95 bits per heavy atom. The van der Waals surface area contributed by atoms with Crippen LogP contribution in [0.2, 0.25) is 0 Å². The molecule has 1 aliphatic rings. The lowest BCUT2D eigenvalue weighted by Crippen LogP contribution is -2.19. The summed E-state index contributed by atoms with van der Waals surface area (Å²) in [6.45, 7) is 2.92. The second-order valence-corrected chi connectivity index (χ2v) is 7.36. The fraction of sp³-hybridized carbons (Fsp3) is 0.375. The van der Waals surface area contributed by atoms with Gasteiger partial charge in [0.05, 0.1) is 17.6 Å². The van der Waals surface area contributed by atoms with Gasteiger partial charge < -0.3 is 4.90 Å². The molecule has 0 amide bonds. The van der Waals surface area contributed by atoms with E-state index in [-0.39, 0.29) is 11.7 Å². The number of halogens is 1. The largest absolute Gasteiger partial charge is 0.345 e. The fourth-order valence-electron chi connectivity index (χ4n) is 2.51. The van der Waals surface area contributed by atoms with E-state index >= 15 is 0 Å². The van der Waals surface area contributed by atoms with Crippen LogP contribution in [0.25, 0.3) is 0 Å². The van der Waals surface area contributed by atoms with Crippen LogP contribution in [0.1, 0.15) is 22.2 Å². The van der Waals surface area contributed by atoms with E-state index in [4.69, 9.17) is 0 Å². The number of rotatable bonds is 4. The first kappa shape index (κ1) is 15.5. The molecule has 0 N–H and O–H groups in total. The van der Waals surface area contributed by atoms with Crippen LogP contribution in [0.4, 0.5) is 9.52 Å². The van der Waals surface area contributed by atoms with E-state index in [9.17, 15) is 9.18 Å². The summed E-state index contributed by atoms with van der Waals surface area (Å²) in [5.74, 6) is -0.00925. The number of anilines is 1. The van der Waals surface area contributed by atoms with Crippen LogP contribution in [0.15, 0.2) is 35.4 Å². The highest BCUT2D eigenvalue weighted by Gasteiger charge is 2.31. The molecular weight excluding hydrogens is 319 g/mol. The number of benzene rings is 1. The van der Waals surface area contributed by atoms with Crippen LogP contribution in [0.3, 0.4) is 0 Å². The van der Waals surface area contributed by atoms with Crippen LogP contribution in [-0.2, 0) is 0 Å². The van der Waals surface area contributed by atoms with Crippen molar-refractivity contribution in [3.63, 3.8) is 0 Å². The van der Waals surface area contributed by atoms with Crippen LogP contribution in [0, 0.1) is 5.92 Å². The molecule has 2 atom stereocenters. The molecule has 116 valence electrons. The van der Waals surface area contributed by atoms with E-state index in [0.29, 0.717) is 23.5 Å². The van der Waals surface area contributed by atoms with E-state index in [1.165, 1.54) is 11.3 Å². The first-order valence-electron chi connectivity index (χ1n) is 7.12. The monoisotopic (exact) mass is 336 g/mol. The second-order valence-electron chi connectivity index (χ2n) is 5.47. The molecule has 1 aromatic carbocycles. The van der Waals surface area contributed by atoms with Gasteiger partial charge in [-0.05, 0) is 18.4 Å². The van der Waals surface area contributed by atoms with Crippen molar-refractivity contribution in [1.29, 1.82) is 0 Å². The molecule has 3 rings (SSSR count). The summed E-state index contributed by atoms with van der Waals surface area (Å²) in [7, 11) is 0. The summed E-state index contributed by atoms with van der Waals surface area (Å²) in [6.07, 6.45) is 2.77. The number of thiazole rings is 1. The number of aromatic nitrogens is 1. The maximum atomic E-state index is 13.6. The Morgan fingerprint density at radius 1 is 1.45 bits per heavy atom. The zero-order valence-electron chi connectivity index (χ0n) is 12.5. The summed E-state index contributed by atoms with van der Waals surface area (Å²) in [6, 6.07) is 7.57. The Kier molecular flexibility index (Phi) is 4.49. The van der Waals surface area contributed by atoms with Crippen molar-refractivity contribution in [3.05, 3.63) is 40.9 Å². The number of nitrogens with zero attached hydrogens (tertiary/aromatic N) is 2. The van der Waals surface area contributed by atoms with E-state index in [1.807, 2.05) is 42.3 Å². The fourth-order valence-corrected chi connectivity index (χ4v) is 3.86. The number of carbonyl (C=O) groups excluding carboxylic acids is 1. The van der Waals surface area contributed by atoms with Gasteiger partial charge in [-0.3, -0.25) is 4.79 Å². The topological polar surface area (TPSA) is 33.2 Å². The van der Waals surface area contributed by atoms with E-state index in [0.717, 1.165) is 10.0 Å². The van der Waals surface area contributed by atoms with Gasteiger partial charge >= 0.3 is 0 Å². The quantitative estimate of drug-likeness (QED) is 0.626. The molecule has 1 fully saturated rings. The number of hydrogen-bond acceptors (Lipinski definition) is 5. The molecule has 0 saturated carbocycles. The summed E-state index contributed by atoms with van der Waals surface area (Å²) >= 11 is 2.95. The van der Waals surface area contributed by atoms with Gasteiger partial charge in [0.25, 0.3) is 0 Å². The lowest BCUT2D eigenvalue weighted by Gasteiger charge is -2.12. The normalized spacial score (nSPS) is 21.3. The molecular formula is C16H17FN2OS2. The molecule has 22 heavy (non-hydrogen) atoms. The molecule has 1 saturated heterocycles. The number of hydrogen-bond donors (Lipinski definition) is 0. The first-order valence-corrected chi connectivity index (χ1v) is 9.16. The number of alkyl halides is 1. The van der Waals surface area contributed by atoms with Crippen molar-refractivity contribution in [2.24, 2.45) is 5.92 Å². The lowest BCUT2D eigenvalue weighted by molar-refractivity contribution is 0.104. The van der Waals surface area contributed by atoms with Gasteiger partial charge in [-0.1, -0.05) is 30.4 Å². The van der Waals surface area contributed by atoms with Crippen molar-refractivity contribution in [2.75, 3.05) is 24.2 Å². The van der Waals surface area contributed by atoms with Gasteiger partial charge in [0.15, 0.2) is 5.13 Å². The minimum Gasteiger partial charge on any atom is -0.345 e. The standard InChI is InChI=1S/C16H17FN2OS2/c1-10-8-19(9-13(10)17)16-18-7-14(22-16)15(20)11-4-3-5-12(6-11)21-2/h3-7,10,13H,8-9H2,1-2H3. The van der Waals surface area contributed by atoms with Crippen molar-refractivity contribution >= 4 is 34.0 Å². The SMILES string of the molecule is CSc1cccc(C(=O)c2cnc(N3CC(C)C(F)C3)s2)c1. The Labute approximate surface area is 137 Å². The van der Waals surface area contributed by atoms with Gasteiger partial charge in [-0.25, -0.2) is 9.37 Å². The van der Waals surface area contributed by atoms with Gasteiger partial charge in [0, 0.05) is 22.9 Å². The predicted octanol–water partition coefficient (Wildman–Crippen LogP) is 3.89. The molecule has 2 heterocycles. The smallest absolute Gasteiger partial charge is 0.204 e. The number of carbonyl (C=O) groups is 1. The van der Waals surface area contributed by atoms with Crippen LogP contribution >= 0.6 is 23.1 Å². The summed E-state index contributed by atoms with van der Waals surface area (Å²) in [4.78, 5) is 20.4. The van der Waals surface area contributed by atoms with Gasteiger partial charge in [-0.2, -0.15) is 0 Å². The molecule has 0 spiro atoms. The van der Waals surface area contributed by atoms with Gasteiger partial charge in [0.2, 0.25) is 5.78 Å². The van der Waals surface area contributed by atoms with Crippen molar-refractivity contribution in [3.8, 4) is 0 Å². The minimum atomic E-state index is -0.818. The van der Waals surface area contributed by atoms with Crippen molar-refractivity contribution in [2.45, 2.75) is 18.0 Å². The Hall–Kier alpha value is -1.40. The highest BCUT2D eigenvalue weighted by molar-refractivity contribution is 7.98. The maximum Gasteiger partial charge on any atom is 0.204 e. The Balaban J connectivity index is 1.80.